The number of anilines is 1. The lowest BCUT2D eigenvalue weighted by Crippen LogP contribution is -2.46. The molecule has 1 saturated heterocycles. The second-order valence-electron chi connectivity index (χ2n) is 7.66. The summed E-state index contributed by atoms with van der Waals surface area (Å²) in [6.45, 7) is 7.39. The summed E-state index contributed by atoms with van der Waals surface area (Å²) in [4.78, 5) is 25.0. The Labute approximate surface area is 165 Å². The number of rotatable bonds is 7. The summed E-state index contributed by atoms with van der Waals surface area (Å²) in [6, 6.07) is 4.86. The number of hydrogen-bond donors (Lipinski definition) is 1. The van der Waals surface area contributed by atoms with Gasteiger partial charge < -0.3 is 24.4 Å². The molecule has 1 aromatic carbocycles. The molecule has 0 atom stereocenters. The van der Waals surface area contributed by atoms with Gasteiger partial charge in [-0.3, -0.25) is 10.1 Å². The predicted molar refractivity (Wildman–Crippen MR) is 105 cm³/mol. The zero-order chi connectivity index (χ0) is 20.7. The lowest BCUT2D eigenvalue weighted by molar-refractivity contribution is -0.384. The maximum Gasteiger partial charge on any atom is 0.407 e. The van der Waals surface area contributed by atoms with E-state index in [9.17, 15) is 14.9 Å². The summed E-state index contributed by atoms with van der Waals surface area (Å²) in [7, 11) is 1.57. The van der Waals surface area contributed by atoms with Crippen LogP contribution in [0.5, 0.6) is 5.75 Å². The molecule has 0 saturated carbocycles. The Morgan fingerprint density at radius 1 is 1.29 bits per heavy atom. The number of ether oxygens (including phenoxy) is 3. The van der Waals surface area contributed by atoms with Crippen LogP contribution >= 0.6 is 0 Å². The molecular weight excluding hydrogens is 366 g/mol. The number of methoxy groups -OCH3 is 1. The number of nitro benzene ring substituents is 1. The maximum atomic E-state index is 11.9. The van der Waals surface area contributed by atoms with E-state index in [1.165, 1.54) is 6.07 Å². The molecule has 156 valence electrons. The number of benzene rings is 1. The molecular formula is C19H29N3O6. The first-order valence-electron chi connectivity index (χ1n) is 9.34. The molecule has 9 nitrogen and oxygen atoms in total. The molecule has 1 aliphatic rings. The monoisotopic (exact) mass is 395 g/mol. The third-order valence-electron chi connectivity index (χ3n) is 4.26. The van der Waals surface area contributed by atoms with Crippen LogP contribution in [0.25, 0.3) is 0 Å². The zero-order valence-electron chi connectivity index (χ0n) is 16.9. The summed E-state index contributed by atoms with van der Waals surface area (Å²) < 4.78 is 15.7. The SMILES string of the molecule is COCCOc1ccc(N2CCC(NC(=O)OC(C)(C)C)CC2)c([N+](=O)[O-])c1. The van der Waals surface area contributed by atoms with E-state index >= 15 is 0 Å². The first-order valence-corrected chi connectivity index (χ1v) is 9.34. The Bertz CT molecular complexity index is 681. The largest absolute Gasteiger partial charge is 0.491 e. The maximum absolute atomic E-state index is 11.9. The van der Waals surface area contributed by atoms with Crippen molar-refractivity contribution in [1.29, 1.82) is 0 Å². The van der Waals surface area contributed by atoms with Gasteiger partial charge in [-0.05, 0) is 45.7 Å². The molecule has 0 aromatic heterocycles. The fourth-order valence-corrected chi connectivity index (χ4v) is 2.99. The standard InChI is InChI=1S/C19H29N3O6/c1-19(2,3)28-18(23)20-14-7-9-21(10-8-14)16-6-5-15(27-12-11-26-4)13-17(16)22(24)25/h5-6,13-14H,7-12H2,1-4H3,(H,20,23). The molecule has 1 aromatic rings. The minimum Gasteiger partial charge on any atom is -0.491 e. The van der Waals surface area contributed by atoms with Gasteiger partial charge in [0.15, 0.2) is 0 Å². The van der Waals surface area contributed by atoms with E-state index in [1.807, 2.05) is 25.7 Å². The van der Waals surface area contributed by atoms with Gasteiger partial charge in [0.05, 0.1) is 17.6 Å². The highest BCUT2D eigenvalue weighted by atomic mass is 16.6. The molecule has 9 heteroatoms. The van der Waals surface area contributed by atoms with E-state index in [0.29, 0.717) is 50.6 Å². The van der Waals surface area contributed by atoms with Crippen molar-refractivity contribution in [2.75, 3.05) is 38.3 Å². The van der Waals surface area contributed by atoms with Crippen LogP contribution in [0, 0.1) is 10.1 Å². The predicted octanol–water partition coefficient (Wildman–Crippen LogP) is 3.11. The number of amides is 1. The van der Waals surface area contributed by atoms with Gasteiger partial charge in [0, 0.05) is 26.2 Å². The fraction of sp³-hybridized carbons (Fsp3) is 0.632. The topological polar surface area (TPSA) is 103 Å². The van der Waals surface area contributed by atoms with Gasteiger partial charge in [-0.1, -0.05) is 0 Å². The summed E-state index contributed by atoms with van der Waals surface area (Å²) in [5, 5.41) is 14.4. The van der Waals surface area contributed by atoms with Crippen LogP contribution in [0.15, 0.2) is 18.2 Å². The molecule has 28 heavy (non-hydrogen) atoms. The highest BCUT2D eigenvalue weighted by Crippen LogP contribution is 2.33. The van der Waals surface area contributed by atoms with E-state index < -0.39 is 16.6 Å². The highest BCUT2D eigenvalue weighted by Gasteiger charge is 2.27. The molecule has 1 aliphatic heterocycles. The number of nitro groups is 1. The third-order valence-corrected chi connectivity index (χ3v) is 4.26. The van der Waals surface area contributed by atoms with Crippen molar-refractivity contribution in [1.82, 2.24) is 5.32 Å². The van der Waals surface area contributed by atoms with Crippen molar-refractivity contribution >= 4 is 17.5 Å². The van der Waals surface area contributed by atoms with E-state index in [1.54, 1.807) is 19.2 Å². The minimum absolute atomic E-state index is 0.00784. The van der Waals surface area contributed by atoms with Crippen molar-refractivity contribution in [3.63, 3.8) is 0 Å². The van der Waals surface area contributed by atoms with Crippen LogP contribution < -0.4 is 15.0 Å². The first kappa shape index (κ1) is 21.7. The lowest BCUT2D eigenvalue weighted by Gasteiger charge is -2.34. The highest BCUT2D eigenvalue weighted by molar-refractivity contribution is 5.68. The van der Waals surface area contributed by atoms with Crippen molar-refractivity contribution in [3.8, 4) is 5.75 Å². The number of hydrogen-bond acceptors (Lipinski definition) is 7. The quantitative estimate of drug-likeness (QED) is 0.430. The summed E-state index contributed by atoms with van der Waals surface area (Å²) in [5.41, 5.74) is 0.0200. The van der Waals surface area contributed by atoms with Gasteiger partial charge in [0.1, 0.15) is 23.6 Å². The molecule has 1 amide bonds. The Balaban J connectivity index is 1.97. The zero-order valence-corrected chi connectivity index (χ0v) is 16.9. The molecule has 0 spiro atoms. The Morgan fingerprint density at radius 2 is 1.96 bits per heavy atom. The van der Waals surface area contributed by atoms with Crippen molar-refractivity contribution in [2.45, 2.75) is 45.3 Å². The van der Waals surface area contributed by atoms with E-state index in [2.05, 4.69) is 5.32 Å². The Kier molecular flexibility index (Phi) is 7.45. The van der Waals surface area contributed by atoms with Crippen LogP contribution in [0.2, 0.25) is 0 Å². The molecule has 2 rings (SSSR count). The van der Waals surface area contributed by atoms with Gasteiger partial charge in [0.2, 0.25) is 0 Å². The van der Waals surface area contributed by atoms with Gasteiger partial charge >= 0.3 is 6.09 Å². The summed E-state index contributed by atoms with van der Waals surface area (Å²) in [5.74, 6) is 0.439. The number of carbonyl (C=O) groups is 1. The van der Waals surface area contributed by atoms with Crippen molar-refractivity contribution < 1.29 is 23.9 Å². The van der Waals surface area contributed by atoms with Crippen LogP contribution in [0.3, 0.4) is 0 Å². The van der Waals surface area contributed by atoms with Crippen LogP contribution in [0.1, 0.15) is 33.6 Å². The van der Waals surface area contributed by atoms with E-state index in [-0.39, 0.29) is 11.7 Å². The average molecular weight is 395 g/mol. The van der Waals surface area contributed by atoms with Gasteiger partial charge in [-0.2, -0.15) is 0 Å². The number of nitrogens with zero attached hydrogens (tertiary/aromatic N) is 2. The molecule has 0 unspecified atom stereocenters. The molecule has 1 fully saturated rings. The summed E-state index contributed by atoms with van der Waals surface area (Å²) >= 11 is 0. The van der Waals surface area contributed by atoms with E-state index in [4.69, 9.17) is 14.2 Å². The van der Waals surface area contributed by atoms with Gasteiger partial charge in [-0.25, -0.2) is 4.79 Å². The van der Waals surface area contributed by atoms with Gasteiger partial charge in [0.25, 0.3) is 5.69 Å². The average Bonchev–Trinajstić information content (AvgIpc) is 2.61. The first-order chi connectivity index (χ1) is 13.2. The number of carbonyl (C=O) groups excluding carboxylic acids is 1. The lowest BCUT2D eigenvalue weighted by atomic mass is 10.0. The summed E-state index contributed by atoms with van der Waals surface area (Å²) in [6.07, 6.45) is 0.930. The van der Waals surface area contributed by atoms with Gasteiger partial charge in [-0.15, -0.1) is 0 Å². The van der Waals surface area contributed by atoms with Crippen molar-refractivity contribution in [2.24, 2.45) is 0 Å². The molecule has 1 heterocycles. The number of alkyl carbamates (subject to hydrolysis) is 1. The Morgan fingerprint density at radius 3 is 2.54 bits per heavy atom. The molecule has 0 radical (unpaired) electrons. The normalized spacial score (nSPS) is 15.2. The van der Waals surface area contributed by atoms with Crippen LogP contribution in [-0.2, 0) is 9.47 Å². The van der Waals surface area contributed by atoms with Crippen LogP contribution in [-0.4, -0.2) is 56.1 Å². The second-order valence-corrected chi connectivity index (χ2v) is 7.66. The fourth-order valence-electron chi connectivity index (χ4n) is 2.99. The molecule has 0 aliphatic carbocycles. The van der Waals surface area contributed by atoms with E-state index in [0.717, 1.165) is 0 Å². The van der Waals surface area contributed by atoms with Crippen LogP contribution in [0.4, 0.5) is 16.2 Å². The van der Waals surface area contributed by atoms with Crippen molar-refractivity contribution in [3.05, 3.63) is 28.3 Å². The minimum atomic E-state index is -0.543. The Hall–Kier alpha value is -2.55. The third kappa shape index (κ3) is 6.56. The number of nitrogens with one attached hydrogen (secondary N) is 1. The smallest absolute Gasteiger partial charge is 0.407 e. The molecule has 0 bridgehead atoms. The second kappa shape index (κ2) is 9.59. The molecule has 1 N–H and O–H groups in total. The number of piperidine rings is 1.